The molecule has 0 atom stereocenters. The third-order valence-electron chi connectivity index (χ3n) is 1.21. The normalized spacial score (nSPS) is 9.83. The standard InChI is InChI=1S/C6H8ClN3OS/c1-12-4-3-8-10-6(4)9-5(11)2-7/h3H,2H2,1H3,(H2,8,9,10,11). The van der Waals surface area contributed by atoms with Gasteiger partial charge in [-0.3, -0.25) is 9.89 Å². The average Bonchev–Trinajstić information content (AvgIpc) is 2.51. The highest BCUT2D eigenvalue weighted by atomic mass is 35.5. The minimum atomic E-state index is -0.240. The van der Waals surface area contributed by atoms with E-state index in [9.17, 15) is 4.79 Å². The van der Waals surface area contributed by atoms with Gasteiger partial charge in [-0.2, -0.15) is 5.10 Å². The molecular formula is C6H8ClN3OS. The van der Waals surface area contributed by atoms with Crippen molar-refractivity contribution in [2.75, 3.05) is 17.5 Å². The van der Waals surface area contributed by atoms with Crippen LogP contribution in [0.4, 0.5) is 5.82 Å². The summed E-state index contributed by atoms with van der Waals surface area (Å²) in [6.07, 6.45) is 3.55. The van der Waals surface area contributed by atoms with E-state index in [0.29, 0.717) is 5.82 Å². The number of carbonyl (C=O) groups excluding carboxylic acids is 1. The molecule has 0 fully saturated rings. The fourth-order valence-electron chi connectivity index (χ4n) is 0.692. The number of alkyl halides is 1. The summed E-state index contributed by atoms with van der Waals surface area (Å²) < 4.78 is 0. The number of carbonyl (C=O) groups is 1. The highest BCUT2D eigenvalue weighted by Gasteiger charge is 2.06. The van der Waals surface area contributed by atoms with Gasteiger partial charge >= 0.3 is 0 Å². The molecule has 0 spiro atoms. The average molecular weight is 206 g/mol. The number of anilines is 1. The van der Waals surface area contributed by atoms with Crippen molar-refractivity contribution in [2.45, 2.75) is 4.90 Å². The van der Waals surface area contributed by atoms with E-state index in [1.54, 1.807) is 6.20 Å². The van der Waals surface area contributed by atoms with Crippen LogP contribution in [-0.4, -0.2) is 28.2 Å². The molecule has 1 aromatic rings. The molecule has 0 aliphatic rings. The molecule has 0 saturated heterocycles. The minimum absolute atomic E-state index is 0.0488. The maximum Gasteiger partial charge on any atom is 0.240 e. The Kier molecular flexibility index (Phi) is 3.43. The van der Waals surface area contributed by atoms with Gasteiger partial charge in [0.05, 0.1) is 11.1 Å². The van der Waals surface area contributed by atoms with Crippen molar-refractivity contribution in [3.8, 4) is 0 Å². The van der Waals surface area contributed by atoms with E-state index < -0.39 is 0 Å². The Labute approximate surface area is 79.1 Å². The van der Waals surface area contributed by atoms with Crippen LogP contribution < -0.4 is 5.32 Å². The summed E-state index contributed by atoms with van der Waals surface area (Å²) in [6, 6.07) is 0. The van der Waals surface area contributed by atoms with Gasteiger partial charge in [0.2, 0.25) is 5.91 Å². The van der Waals surface area contributed by atoms with Crippen LogP contribution in [0.25, 0.3) is 0 Å². The minimum Gasteiger partial charge on any atom is -0.309 e. The molecule has 1 amide bonds. The lowest BCUT2D eigenvalue weighted by atomic mass is 10.6. The number of aromatic nitrogens is 2. The Morgan fingerprint density at radius 2 is 2.67 bits per heavy atom. The highest BCUT2D eigenvalue weighted by molar-refractivity contribution is 7.98. The lowest BCUT2D eigenvalue weighted by Crippen LogP contribution is -2.13. The molecule has 1 rings (SSSR count). The summed E-state index contributed by atoms with van der Waals surface area (Å²) in [6.45, 7) is 0. The van der Waals surface area contributed by atoms with Crippen LogP contribution in [0.15, 0.2) is 11.1 Å². The lowest BCUT2D eigenvalue weighted by molar-refractivity contribution is -0.113. The fourth-order valence-corrected chi connectivity index (χ4v) is 1.22. The van der Waals surface area contributed by atoms with Crippen LogP contribution in [-0.2, 0) is 4.79 Å². The molecule has 0 aliphatic carbocycles. The second-order valence-corrected chi connectivity index (χ2v) is 3.11. The van der Waals surface area contributed by atoms with E-state index >= 15 is 0 Å². The maximum absolute atomic E-state index is 10.8. The Hall–Kier alpha value is -0.680. The van der Waals surface area contributed by atoms with Gasteiger partial charge < -0.3 is 5.32 Å². The van der Waals surface area contributed by atoms with E-state index in [-0.39, 0.29) is 11.8 Å². The smallest absolute Gasteiger partial charge is 0.240 e. The third-order valence-corrected chi connectivity index (χ3v) is 2.20. The summed E-state index contributed by atoms with van der Waals surface area (Å²) in [4.78, 5) is 11.7. The Balaban J connectivity index is 2.68. The van der Waals surface area contributed by atoms with Gasteiger partial charge in [-0.15, -0.1) is 23.4 Å². The Morgan fingerprint density at radius 3 is 3.25 bits per heavy atom. The predicted molar refractivity (Wildman–Crippen MR) is 49.7 cm³/mol. The van der Waals surface area contributed by atoms with E-state index in [4.69, 9.17) is 11.6 Å². The maximum atomic E-state index is 10.8. The first-order chi connectivity index (χ1) is 5.77. The van der Waals surface area contributed by atoms with Crippen molar-refractivity contribution in [1.82, 2.24) is 10.2 Å². The van der Waals surface area contributed by atoms with E-state index in [1.165, 1.54) is 11.8 Å². The van der Waals surface area contributed by atoms with Crippen LogP contribution in [0.1, 0.15) is 0 Å². The van der Waals surface area contributed by atoms with E-state index in [1.807, 2.05) is 6.26 Å². The number of nitrogens with one attached hydrogen (secondary N) is 2. The van der Waals surface area contributed by atoms with Crippen molar-refractivity contribution in [3.63, 3.8) is 0 Å². The van der Waals surface area contributed by atoms with Gasteiger partial charge in [0.15, 0.2) is 0 Å². The molecule has 6 heteroatoms. The second-order valence-electron chi connectivity index (χ2n) is 2.00. The van der Waals surface area contributed by atoms with Crippen LogP contribution >= 0.6 is 23.4 Å². The molecule has 0 aliphatic heterocycles. The van der Waals surface area contributed by atoms with Crippen molar-refractivity contribution < 1.29 is 4.79 Å². The van der Waals surface area contributed by atoms with Gasteiger partial charge in [0.25, 0.3) is 0 Å². The first-order valence-electron chi connectivity index (χ1n) is 3.21. The SMILES string of the molecule is CSc1cn[nH]c1NC(=O)CCl. The second kappa shape index (κ2) is 4.37. The Morgan fingerprint density at radius 1 is 1.92 bits per heavy atom. The zero-order valence-corrected chi connectivity index (χ0v) is 8.00. The quantitative estimate of drug-likeness (QED) is 0.578. The number of thioether (sulfide) groups is 1. The molecule has 0 aromatic carbocycles. The molecule has 12 heavy (non-hydrogen) atoms. The summed E-state index contributed by atoms with van der Waals surface area (Å²) in [7, 11) is 0. The zero-order valence-electron chi connectivity index (χ0n) is 6.43. The van der Waals surface area contributed by atoms with Gasteiger partial charge in [-0.25, -0.2) is 0 Å². The molecule has 66 valence electrons. The summed E-state index contributed by atoms with van der Waals surface area (Å²) >= 11 is 6.81. The van der Waals surface area contributed by atoms with Crippen LogP contribution in [0.2, 0.25) is 0 Å². The molecule has 0 radical (unpaired) electrons. The largest absolute Gasteiger partial charge is 0.309 e. The van der Waals surface area contributed by atoms with E-state index in [0.717, 1.165) is 4.90 Å². The number of nitrogens with zero attached hydrogens (tertiary/aromatic N) is 1. The number of H-pyrrole nitrogens is 1. The van der Waals surface area contributed by atoms with Gasteiger partial charge in [-0.05, 0) is 6.26 Å². The van der Waals surface area contributed by atoms with E-state index in [2.05, 4.69) is 15.5 Å². The molecule has 1 heterocycles. The number of hydrogen-bond acceptors (Lipinski definition) is 3. The molecule has 4 nitrogen and oxygen atoms in total. The van der Waals surface area contributed by atoms with Crippen LogP contribution in [0, 0.1) is 0 Å². The Bertz CT molecular complexity index is 276. The summed E-state index contributed by atoms with van der Waals surface area (Å²) in [5.41, 5.74) is 0. The molecule has 0 unspecified atom stereocenters. The number of aromatic amines is 1. The van der Waals surface area contributed by atoms with Gasteiger partial charge in [-0.1, -0.05) is 0 Å². The van der Waals surface area contributed by atoms with Crippen molar-refractivity contribution >= 4 is 35.1 Å². The van der Waals surface area contributed by atoms with Crippen LogP contribution in [0.3, 0.4) is 0 Å². The summed E-state index contributed by atoms with van der Waals surface area (Å²) in [5.74, 6) is 0.316. The number of hydrogen-bond donors (Lipinski definition) is 2. The van der Waals surface area contributed by atoms with Gasteiger partial charge in [0.1, 0.15) is 11.7 Å². The van der Waals surface area contributed by atoms with Crippen molar-refractivity contribution in [3.05, 3.63) is 6.20 Å². The number of amides is 1. The topological polar surface area (TPSA) is 57.8 Å². The fraction of sp³-hybridized carbons (Fsp3) is 0.333. The number of rotatable bonds is 3. The van der Waals surface area contributed by atoms with Crippen LogP contribution in [0.5, 0.6) is 0 Å². The van der Waals surface area contributed by atoms with Crippen molar-refractivity contribution in [2.24, 2.45) is 0 Å². The monoisotopic (exact) mass is 205 g/mol. The molecule has 1 aromatic heterocycles. The molecular weight excluding hydrogens is 198 g/mol. The first kappa shape index (κ1) is 9.41. The lowest BCUT2D eigenvalue weighted by Gasteiger charge is -2.00. The predicted octanol–water partition coefficient (Wildman–Crippen LogP) is 1.31. The highest BCUT2D eigenvalue weighted by Crippen LogP contribution is 2.21. The third kappa shape index (κ3) is 2.15. The van der Waals surface area contributed by atoms with Crippen molar-refractivity contribution in [1.29, 1.82) is 0 Å². The first-order valence-corrected chi connectivity index (χ1v) is 4.97. The molecule has 2 N–H and O–H groups in total. The summed E-state index contributed by atoms with van der Waals surface area (Å²) in [5, 5.41) is 9.02. The number of halogens is 1. The molecule has 0 bridgehead atoms. The van der Waals surface area contributed by atoms with Gasteiger partial charge in [0, 0.05) is 0 Å². The molecule has 0 saturated carbocycles. The zero-order chi connectivity index (χ0) is 8.97.